The number of hydrogen-bond donors (Lipinski definition) is 3. The number of nitrogens with two attached hydrogens (primary N) is 1. The van der Waals surface area contributed by atoms with Crippen molar-refractivity contribution in [1.29, 1.82) is 0 Å². The first-order chi connectivity index (χ1) is 8.95. The van der Waals surface area contributed by atoms with Gasteiger partial charge in [-0.1, -0.05) is 6.07 Å². The molecule has 0 saturated carbocycles. The van der Waals surface area contributed by atoms with Crippen molar-refractivity contribution in [3.05, 3.63) is 23.8 Å². The molecular weight excluding hydrogens is 244 g/mol. The fraction of sp³-hybridized carbons (Fsp3) is 0.385. The third kappa shape index (κ3) is 4.26. The Balaban J connectivity index is 2.74. The van der Waals surface area contributed by atoms with E-state index in [1.54, 1.807) is 6.07 Å². The molecule has 19 heavy (non-hydrogen) atoms. The maximum Gasteiger partial charge on any atom is 0.313 e. The highest BCUT2D eigenvalue weighted by Gasteiger charge is 2.13. The maximum atomic E-state index is 11.6. The molecule has 1 rings (SSSR count). The van der Waals surface area contributed by atoms with Crippen molar-refractivity contribution >= 4 is 23.2 Å². The summed E-state index contributed by atoms with van der Waals surface area (Å²) >= 11 is 0. The van der Waals surface area contributed by atoms with Gasteiger partial charge in [0, 0.05) is 38.6 Å². The molecule has 1 aromatic carbocycles. The molecule has 0 aliphatic heterocycles. The summed E-state index contributed by atoms with van der Waals surface area (Å²) in [5.41, 5.74) is 7.91. The molecule has 0 radical (unpaired) electrons. The van der Waals surface area contributed by atoms with Gasteiger partial charge < -0.3 is 21.3 Å². The Morgan fingerprint density at radius 1 is 1.26 bits per heavy atom. The van der Waals surface area contributed by atoms with Crippen molar-refractivity contribution in [3.8, 4) is 0 Å². The van der Waals surface area contributed by atoms with E-state index in [9.17, 15) is 9.59 Å². The molecule has 6 heteroatoms. The van der Waals surface area contributed by atoms with Crippen molar-refractivity contribution in [2.24, 2.45) is 5.73 Å². The van der Waals surface area contributed by atoms with Gasteiger partial charge in [0.05, 0.1) is 0 Å². The second-order valence-corrected chi connectivity index (χ2v) is 4.39. The van der Waals surface area contributed by atoms with Crippen molar-refractivity contribution in [1.82, 2.24) is 5.32 Å². The summed E-state index contributed by atoms with van der Waals surface area (Å²) in [6, 6.07) is 5.47. The topological polar surface area (TPSA) is 87.5 Å². The maximum absolute atomic E-state index is 11.6. The number of nitrogens with zero attached hydrogens (tertiary/aromatic N) is 1. The summed E-state index contributed by atoms with van der Waals surface area (Å²) in [5, 5.41) is 4.97. The first-order valence-corrected chi connectivity index (χ1v) is 6.03. The summed E-state index contributed by atoms with van der Waals surface area (Å²) in [7, 11) is 3.84. The van der Waals surface area contributed by atoms with Crippen molar-refractivity contribution in [3.63, 3.8) is 0 Å². The van der Waals surface area contributed by atoms with E-state index in [0.717, 1.165) is 11.3 Å². The zero-order valence-corrected chi connectivity index (χ0v) is 11.5. The Bertz CT molecular complexity index is 472. The molecule has 0 aromatic heterocycles. The first-order valence-electron chi connectivity index (χ1n) is 6.03. The lowest BCUT2D eigenvalue weighted by Crippen LogP contribution is -2.38. The minimum atomic E-state index is -0.693. The number of hydrogen-bond acceptors (Lipinski definition) is 4. The SMILES string of the molecule is Cc1ccc(NC(=O)C(=O)NCCN)cc1N(C)C. The van der Waals surface area contributed by atoms with Crippen LogP contribution in [-0.4, -0.2) is 39.0 Å². The number of aryl methyl sites for hydroxylation is 1. The van der Waals surface area contributed by atoms with E-state index in [1.165, 1.54) is 0 Å². The number of anilines is 2. The molecule has 0 aliphatic rings. The van der Waals surface area contributed by atoms with E-state index in [2.05, 4.69) is 10.6 Å². The Morgan fingerprint density at radius 3 is 2.53 bits per heavy atom. The van der Waals surface area contributed by atoms with E-state index in [4.69, 9.17) is 5.73 Å². The first kappa shape index (κ1) is 15.0. The monoisotopic (exact) mass is 264 g/mol. The smallest absolute Gasteiger partial charge is 0.313 e. The Morgan fingerprint density at radius 2 is 1.95 bits per heavy atom. The molecular formula is C13H20N4O2. The van der Waals surface area contributed by atoms with Crippen LogP contribution in [0, 0.1) is 6.92 Å². The average molecular weight is 264 g/mol. The fourth-order valence-corrected chi connectivity index (χ4v) is 1.62. The molecule has 4 N–H and O–H groups in total. The minimum absolute atomic E-state index is 0.281. The number of rotatable bonds is 4. The van der Waals surface area contributed by atoms with Crippen LogP contribution in [0.15, 0.2) is 18.2 Å². The third-order valence-electron chi connectivity index (χ3n) is 2.58. The zero-order chi connectivity index (χ0) is 14.4. The third-order valence-corrected chi connectivity index (χ3v) is 2.58. The predicted octanol–water partition coefficient (Wildman–Crippen LogP) is 0.0744. The van der Waals surface area contributed by atoms with Crippen LogP contribution in [0.1, 0.15) is 5.56 Å². The van der Waals surface area contributed by atoms with E-state index in [1.807, 2.05) is 38.1 Å². The highest BCUT2D eigenvalue weighted by Crippen LogP contribution is 2.22. The van der Waals surface area contributed by atoms with Gasteiger partial charge in [0.15, 0.2) is 0 Å². The molecule has 0 spiro atoms. The lowest BCUT2D eigenvalue weighted by Gasteiger charge is -2.17. The molecule has 0 bridgehead atoms. The van der Waals surface area contributed by atoms with E-state index < -0.39 is 11.8 Å². The van der Waals surface area contributed by atoms with Crippen LogP contribution in [0.5, 0.6) is 0 Å². The molecule has 0 unspecified atom stereocenters. The van der Waals surface area contributed by atoms with Gasteiger partial charge in [-0.25, -0.2) is 0 Å². The van der Waals surface area contributed by atoms with E-state index in [-0.39, 0.29) is 6.54 Å². The van der Waals surface area contributed by atoms with Gasteiger partial charge in [0.25, 0.3) is 0 Å². The van der Waals surface area contributed by atoms with Gasteiger partial charge in [0.1, 0.15) is 0 Å². The zero-order valence-electron chi connectivity index (χ0n) is 11.5. The Labute approximate surface area is 113 Å². The Hall–Kier alpha value is -2.08. The number of benzene rings is 1. The summed E-state index contributed by atoms with van der Waals surface area (Å²) in [6.07, 6.45) is 0. The lowest BCUT2D eigenvalue weighted by atomic mass is 10.1. The lowest BCUT2D eigenvalue weighted by molar-refractivity contribution is -0.136. The summed E-state index contributed by atoms with van der Waals surface area (Å²) in [4.78, 5) is 25.0. The average Bonchev–Trinajstić information content (AvgIpc) is 2.37. The highest BCUT2D eigenvalue weighted by atomic mass is 16.2. The van der Waals surface area contributed by atoms with Gasteiger partial charge in [-0.3, -0.25) is 9.59 Å². The van der Waals surface area contributed by atoms with Crippen LogP contribution in [0.4, 0.5) is 11.4 Å². The van der Waals surface area contributed by atoms with Gasteiger partial charge >= 0.3 is 11.8 Å². The molecule has 6 nitrogen and oxygen atoms in total. The van der Waals surface area contributed by atoms with Crippen LogP contribution in [0.2, 0.25) is 0 Å². The molecule has 1 aromatic rings. The van der Waals surface area contributed by atoms with Crippen molar-refractivity contribution < 1.29 is 9.59 Å². The molecule has 0 atom stereocenters. The van der Waals surface area contributed by atoms with Crippen LogP contribution in [0.25, 0.3) is 0 Å². The van der Waals surface area contributed by atoms with Crippen molar-refractivity contribution in [2.45, 2.75) is 6.92 Å². The number of carbonyl (C=O) groups excluding carboxylic acids is 2. The normalized spacial score (nSPS) is 9.89. The van der Waals surface area contributed by atoms with Gasteiger partial charge in [0.2, 0.25) is 0 Å². The molecule has 2 amide bonds. The van der Waals surface area contributed by atoms with Crippen LogP contribution >= 0.6 is 0 Å². The minimum Gasteiger partial charge on any atom is -0.377 e. The van der Waals surface area contributed by atoms with Crippen LogP contribution < -0.4 is 21.3 Å². The second-order valence-electron chi connectivity index (χ2n) is 4.39. The quantitative estimate of drug-likeness (QED) is 0.672. The van der Waals surface area contributed by atoms with Gasteiger partial charge in [-0.15, -0.1) is 0 Å². The number of carbonyl (C=O) groups is 2. The molecule has 104 valence electrons. The van der Waals surface area contributed by atoms with Gasteiger partial charge in [-0.2, -0.15) is 0 Å². The number of amides is 2. The standard InChI is InChI=1S/C13H20N4O2/c1-9-4-5-10(8-11(9)17(2)3)16-13(19)12(18)15-7-6-14/h4-5,8H,6-7,14H2,1-3H3,(H,15,18)(H,16,19). The van der Waals surface area contributed by atoms with E-state index in [0.29, 0.717) is 12.2 Å². The largest absolute Gasteiger partial charge is 0.377 e. The molecule has 0 fully saturated rings. The summed E-state index contributed by atoms with van der Waals surface area (Å²) in [6.45, 7) is 2.56. The summed E-state index contributed by atoms with van der Waals surface area (Å²) in [5.74, 6) is -1.38. The second kappa shape index (κ2) is 6.75. The van der Waals surface area contributed by atoms with Crippen LogP contribution in [-0.2, 0) is 9.59 Å². The number of nitrogens with one attached hydrogen (secondary N) is 2. The predicted molar refractivity (Wildman–Crippen MR) is 76.2 cm³/mol. The van der Waals surface area contributed by atoms with E-state index >= 15 is 0 Å². The summed E-state index contributed by atoms with van der Waals surface area (Å²) < 4.78 is 0. The van der Waals surface area contributed by atoms with Crippen molar-refractivity contribution in [2.75, 3.05) is 37.4 Å². The fourth-order valence-electron chi connectivity index (χ4n) is 1.62. The molecule has 0 heterocycles. The van der Waals surface area contributed by atoms with Gasteiger partial charge in [-0.05, 0) is 24.6 Å². The van der Waals surface area contributed by atoms with Crippen LogP contribution in [0.3, 0.4) is 0 Å². The highest BCUT2D eigenvalue weighted by molar-refractivity contribution is 6.39. The molecule has 0 saturated heterocycles. The Kier molecular flexibility index (Phi) is 5.32. The molecule has 0 aliphatic carbocycles.